The number of aromatic nitrogens is 2. The summed E-state index contributed by atoms with van der Waals surface area (Å²) in [5, 5.41) is 10.7. The number of carbonyl (C=O) groups is 2. The van der Waals surface area contributed by atoms with Crippen LogP contribution in [0.1, 0.15) is 85.6 Å². The minimum atomic E-state index is -0.980. The highest BCUT2D eigenvalue weighted by molar-refractivity contribution is 6.03. The molecule has 7 rings (SSSR count). The molecule has 2 amide bonds. The molecular formula is C39H40F3N5O3. The van der Waals surface area contributed by atoms with Gasteiger partial charge in [0.25, 0.3) is 0 Å². The second kappa shape index (κ2) is 13.4. The first-order valence-corrected chi connectivity index (χ1v) is 17.2. The van der Waals surface area contributed by atoms with Crippen molar-refractivity contribution in [2.45, 2.75) is 69.2 Å². The maximum absolute atomic E-state index is 14.8. The third-order valence-corrected chi connectivity index (χ3v) is 10.9. The molecule has 1 aliphatic carbocycles. The van der Waals surface area contributed by atoms with Gasteiger partial charge in [0, 0.05) is 49.8 Å². The van der Waals surface area contributed by atoms with Crippen molar-refractivity contribution in [2.24, 2.45) is 5.92 Å². The Balaban J connectivity index is 1.07. The van der Waals surface area contributed by atoms with Gasteiger partial charge in [-0.1, -0.05) is 32.6 Å². The summed E-state index contributed by atoms with van der Waals surface area (Å²) < 4.78 is 47.7. The van der Waals surface area contributed by atoms with Crippen LogP contribution in [0.25, 0.3) is 0 Å². The molecule has 260 valence electrons. The molecule has 1 spiro atoms. The van der Waals surface area contributed by atoms with E-state index in [9.17, 15) is 22.8 Å². The van der Waals surface area contributed by atoms with Crippen LogP contribution < -0.4 is 15.1 Å². The zero-order valence-corrected chi connectivity index (χ0v) is 28.2. The zero-order valence-electron chi connectivity index (χ0n) is 28.2. The topological polar surface area (TPSA) is 91.6 Å². The quantitative estimate of drug-likeness (QED) is 0.187. The van der Waals surface area contributed by atoms with Gasteiger partial charge in [-0.3, -0.25) is 9.59 Å². The van der Waals surface area contributed by atoms with Gasteiger partial charge < -0.3 is 19.5 Å². The highest BCUT2D eigenvalue weighted by atomic mass is 19.2. The number of nitrogens with zero attached hydrogens (tertiary/aromatic N) is 4. The molecule has 3 aliphatic rings. The summed E-state index contributed by atoms with van der Waals surface area (Å²) in [6.45, 7) is 10.2. The average molecular weight is 684 g/mol. The number of anilines is 2. The smallest absolute Gasteiger partial charge is 0.250 e. The summed E-state index contributed by atoms with van der Waals surface area (Å²) in [6.07, 6.45) is 5.11. The largest absolute Gasteiger partial charge is 0.426 e. The van der Waals surface area contributed by atoms with Crippen LogP contribution in [-0.4, -0.2) is 41.6 Å². The fourth-order valence-electron chi connectivity index (χ4n) is 8.36. The maximum Gasteiger partial charge on any atom is 0.250 e. The highest BCUT2D eigenvalue weighted by Gasteiger charge is 2.46. The van der Waals surface area contributed by atoms with Gasteiger partial charge in [-0.15, -0.1) is 10.2 Å². The predicted molar refractivity (Wildman–Crippen MR) is 183 cm³/mol. The maximum atomic E-state index is 14.8. The zero-order chi connectivity index (χ0) is 35.2. The van der Waals surface area contributed by atoms with E-state index in [0.717, 1.165) is 67.0 Å². The molecule has 0 bridgehead atoms. The van der Waals surface area contributed by atoms with Gasteiger partial charge in [0.2, 0.25) is 24.1 Å². The Hall–Kier alpha value is -4.93. The van der Waals surface area contributed by atoms with Gasteiger partial charge in [0.05, 0.1) is 0 Å². The summed E-state index contributed by atoms with van der Waals surface area (Å²) in [7, 11) is 0. The van der Waals surface area contributed by atoms with Gasteiger partial charge in [-0.2, -0.15) is 0 Å². The van der Waals surface area contributed by atoms with E-state index < -0.39 is 17.7 Å². The standard InChI is InChI=1S/C39H40F3N5O3/c1-4-37(49)47-21-30(23(2)3)29-19-27(7-10-35(29)47)46-13-11-39(12-14-46)20-25(28-8-6-26(40)18-31(28)39)17-36(48)44-34(38-45-43-22-50-38)16-24-5-9-32(41)33(42)15-24/h4-10,15,18-19,22-23,25,30,34H,1,11-14,16-17,20-21H2,2-3H3,(H,44,48)/t25-,30?,34-/m1/s1. The lowest BCUT2D eigenvalue weighted by molar-refractivity contribution is -0.122. The van der Waals surface area contributed by atoms with Crippen molar-refractivity contribution >= 4 is 23.2 Å². The minimum absolute atomic E-state index is 0.0918. The Bertz CT molecular complexity index is 1920. The number of hydrogen-bond acceptors (Lipinski definition) is 6. The first kappa shape index (κ1) is 33.6. The van der Waals surface area contributed by atoms with Crippen molar-refractivity contribution in [3.05, 3.63) is 119 Å². The Kier molecular flexibility index (Phi) is 9.00. The first-order chi connectivity index (χ1) is 24.0. The fourth-order valence-corrected chi connectivity index (χ4v) is 8.36. The Morgan fingerprint density at radius 1 is 1.04 bits per heavy atom. The second-order valence-corrected chi connectivity index (χ2v) is 14.2. The Morgan fingerprint density at radius 2 is 1.84 bits per heavy atom. The fraction of sp³-hybridized carbons (Fsp3) is 0.385. The van der Waals surface area contributed by atoms with Gasteiger partial charge in [0.1, 0.15) is 11.9 Å². The third kappa shape index (κ3) is 6.29. The molecular weight excluding hydrogens is 643 g/mol. The normalized spacial score (nSPS) is 19.8. The van der Waals surface area contributed by atoms with Crippen molar-refractivity contribution in [1.82, 2.24) is 15.5 Å². The number of carbonyl (C=O) groups excluding carboxylic acids is 2. The van der Waals surface area contributed by atoms with Crippen LogP contribution in [0.15, 0.2) is 78.1 Å². The van der Waals surface area contributed by atoms with Crippen molar-refractivity contribution in [3.63, 3.8) is 0 Å². The van der Waals surface area contributed by atoms with Crippen LogP contribution in [-0.2, 0) is 21.4 Å². The number of amides is 2. The number of fused-ring (bicyclic) bond motifs is 3. The highest BCUT2D eigenvalue weighted by Crippen LogP contribution is 2.53. The van der Waals surface area contributed by atoms with Crippen molar-refractivity contribution in [1.29, 1.82) is 0 Å². The molecule has 3 atom stereocenters. The molecule has 1 fully saturated rings. The molecule has 1 unspecified atom stereocenters. The van der Waals surface area contributed by atoms with Gasteiger partial charge in [0.15, 0.2) is 11.6 Å². The third-order valence-electron chi connectivity index (χ3n) is 10.9. The number of rotatable bonds is 9. The van der Waals surface area contributed by atoms with E-state index in [1.165, 1.54) is 23.8 Å². The molecule has 1 N–H and O–H groups in total. The molecule has 11 heteroatoms. The molecule has 3 aromatic carbocycles. The van der Waals surface area contributed by atoms with E-state index in [2.05, 4.69) is 53.0 Å². The van der Waals surface area contributed by atoms with E-state index in [-0.39, 0.29) is 53.6 Å². The summed E-state index contributed by atoms with van der Waals surface area (Å²) in [4.78, 5) is 30.4. The summed E-state index contributed by atoms with van der Waals surface area (Å²) in [6, 6.07) is 14.1. The van der Waals surface area contributed by atoms with Crippen LogP contribution in [0.4, 0.5) is 24.5 Å². The van der Waals surface area contributed by atoms with E-state index in [4.69, 9.17) is 4.42 Å². The van der Waals surface area contributed by atoms with E-state index >= 15 is 0 Å². The monoisotopic (exact) mass is 683 g/mol. The molecule has 2 aliphatic heterocycles. The lowest BCUT2D eigenvalue weighted by Crippen LogP contribution is -2.42. The number of benzene rings is 3. The summed E-state index contributed by atoms with van der Waals surface area (Å²) in [5.74, 6) is -1.96. The van der Waals surface area contributed by atoms with Crippen LogP contribution in [0.3, 0.4) is 0 Å². The molecule has 3 heterocycles. The van der Waals surface area contributed by atoms with Crippen LogP contribution in [0.2, 0.25) is 0 Å². The van der Waals surface area contributed by atoms with Crippen molar-refractivity contribution in [3.8, 4) is 0 Å². The molecule has 0 saturated carbocycles. The van der Waals surface area contributed by atoms with Gasteiger partial charge >= 0.3 is 0 Å². The van der Waals surface area contributed by atoms with E-state index in [1.807, 2.05) is 17.0 Å². The van der Waals surface area contributed by atoms with E-state index in [1.54, 1.807) is 6.07 Å². The van der Waals surface area contributed by atoms with Crippen LogP contribution in [0, 0.1) is 23.4 Å². The van der Waals surface area contributed by atoms with Gasteiger partial charge in [-0.25, -0.2) is 13.2 Å². The molecule has 8 nitrogen and oxygen atoms in total. The SMILES string of the molecule is C=CC(=O)N1CC(C(C)C)c2cc(N3CCC4(CC3)C[C@@H](CC(=O)N[C@H](Cc3ccc(F)c(F)c3)c3nnco3)c3ccc(F)cc34)ccc21. The van der Waals surface area contributed by atoms with Crippen LogP contribution >= 0.6 is 0 Å². The summed E-state index contributed by atoms with van der Waals surface area (Å²) in [5.41, 5.74) is 5.37. The number of nitrogens with one attached hydrogen (secondary N) is 1. The number of piperidine rings is 1. The predicted octanol–water partition coefficient (Wildman–Crippen LogP) is 7.27. The Labute approximate surface area is 289 Å². The van der Waals surface area contributed by atoms with Gasteiger partial charge in [-0.05, 0) is 107 Å². The van der Waals surface area contributed by atoms with E-state index in [0.29, 0.717) is 24.4 Å². The molecule has 1 saturated heterocycles. The number of hydrogen-bond donors (Lipinski definition) is 1. The molecule has 4 aromatic rings. The lowest BCUT2D eigenvalue weighted by atomic mass is 9.73. The molecule has 0 radical (unpaired) electrons. The number of halogens is 3. The van der Waals surface area contributed by atoms with Crippen molar-refractivity contribution < 1.29 is 27.2 Å². The average Bonchev–Trinajstić information content (AvgIpc) is 3.84. The lowest BCUT2D eigenvalue weighted by Gasteiger charge is -2.41. The van der Waals surface area contributed by atoms with Crippen molar-refractivity contribution in [2.75, 3.05) is 29.4 Å². The Morgan fingerprint density at radius 3 is 2.54 bits per heavy atom. The minimum Gasteiger partial charge on any atom is -0.426 e. The first-order valence-electron chi connectivity index (χ1n) is 17.2. The summed E-state index contributed by atoms with van der Waals surface area (Å²) >= 11 is 0. The molecule has 1 aromatic heterocycles. The second-order valence-electron chi connectivity index (χ2n) is 14.2. The van der Waals surface area contributed by atoms with Crippen LogP contribution in [0.5, 0.6) is 0 Å². The molecule has 50 heavy (non-hydrogen) atoms.